The van der Waals surface area contributed by atoms with Crippen LogP contribution < -0.4 is 10.7 Å². The van der Waals surface area contributed by atoms with E-state index in [1.807, 2.05) is 50.6 Å². The van der Waals surface area contributed by atoms with Crippen LogP contribution in [0.3, 0.4) is 0 Å². The summed E-state index contributed by atoms with van der Waals surface area (Å²) in [4.78, 5) is 0. The lowest BCUT2D eigenvalue weighted by Gasteiger charge is -2.41. The van der Waals surface area contributed by atoms with Crippen molar-refractivity contribution in [3.05, 3.63) is 71.7 Å². The molecule has 0 saturated heterocycles. The fourth-order valence-corrected chi connectivity index (χ4v) is 4.89. The van der Waals surface area contributed by atoms with Gasteiger partial charge >= 0.3 is 0 Å². The molecule has 0 spiro atoms. The first-order chi connectivity index (χ1) is 14.1. The van der Waals surface area contributed by atoms with Gasteiger partial charge in [-0.05, 0) is 42.7 Å². The van der Waals surface area contributed by atoms with Gasteiger partial charge in [-0.15, -0.1) is 0 Å². The Morgan fingerprint density at radius 2 is 2.31 bits per heavy atom. The van der Waals surface area contributed by atoms with Gasteiger partial charge < -0.3 is 18.2 Å². The maximum Gasteiger partial charge on any atom is 0.163 e. The number of hydrogen-bond acceptors (Lipinski definition) is 6. The molecule has 0 radical (unpaired) electrons. The first-order valence-corrected chi connectivity index (χ1v) is 11.7. The van der Waals surface area contributed by atoms with Crippen LogP contribution in [-0.2, 0) is 7.80 Å². The Morgan fingerprint density at radius 1 is 1.45 bits per heavy atom. The van der Waals surface area contributed by atoms with Gasteiger partial charge in [-0.3, -0.25) is 5.43 Å². The number of allylic oxidation sites excluding steroid dienone is 8. The van der Waals surface area contributed by atoms with Crippen molar-refractivity contribution in [3.63, 3.8) is 0 Å². The van der Waals surface area contributed by atoms with Crippen molar-refractivity contribution in [1.82, 2.24) is 10.7 Å². The van der Waals surface area contributed by atoms with E-state index in [1.54, 1.807) is 6.08 Å². The van der Waals surface area contributed by atoms with Crippen molar-refractivity contribution >= 4 is 31.4 Å². The Balaban J connectivity index is 1.57. The van der Waals surface area contributed by atoms with Crippen LogP contribution in [0, 0.1) is 5.41 Å². The molecule has 0 fully saturated rings. The number of aliphatic hydroxyl groups excluding tert-OH is 1. The Morgan fingerprint density at radius 3 is 3.03 bits per heavy atom. The second-order valence-corrected chi connectivity index (χ2v) is 8.89. The fourth-order valence-electron chi connectivity index (χ4n) is 3.34. The van der Waals surface area contributed by atoms with Crippen LogP contribution in [0.5, 0.6) is 0 Å². The number of hydrazone groups is 1. The third-order valence-corrected chi connectivity index (χ3v) is 6.72. The fraction of sp³-hybridized carbons (Fsp3) is 0.364. The van der Waals surface area contributed by atoms with Gasteiger partial charge in [0.1, 0.15) is 6.10 Å². The molecule has 2 unspecified atom stereocenters. The summed E-state index contributed by atoms with van der Waals surface area (Å²) >= 11 is -0.464. The summed E-state index contributed by atoms with van der Waals surface area (Å²) in [6.07, 6.45) is 16.3. The lowest BCUT2D eigenvalue weighted by Crippen LogP contribution is -2.48. The summed E-state index contributed by atoms with van der Waals surface area (Å²) in [6, 6.07) is 0. The van der Waals surface area contributed by atoms with Gasteiger partial charge in [-0.2, -0.15) is 5.10 Å². The molecule has 3 atom stereocenters. The van der Waals surface area contributed by atoms with Crippen LogP contribution in [0.4, 0.5) is 0 Å². The van der Waals surface area contributed by atoms with Crippen LogP contribution in [0.15, 0.2) is 76.8 Å². The molecule has 6 nitrogen and oxygen atoms in total. The number of fused-ring (bicyclic) bond motifs is 1. The molecule has 0 aromatic carbocycles. The second kappa shape index (κ2) is 10.2. The third-order valence-electron chi connectivity index (χ3n) is 5.13. The second-order valence-electron chi connectivity index (χ2n) is 7.14. The van der Waals surface area contributed by atoms with E-state index in [0.29, 0.717) is 6.61 Å². The van der Waals surface area contributed by atoms with Crippen LogP contribution in [-0.4, -0.2) is 41.3 Å². The summed E-state index contributed by atoms with van der Waals surface area (Å²) in [5, 5.41) is 17.4. The highest BCUT2D eigenvalue weighted by Gasteiger charge is 2.43. The minimum absolute atomic E-state index is 0.197. The van der Waals surface area contributed by atoms with E-state index in [0.717, 1.165) is 29.9 Å². The molecule has 0 bridgehead atoms. The van der Waals surface area contributed by atoms with Crippen LogP contribution in [0.25, 0.3) is 0 Å². The molecular formula is C22H28IN3O3. The lowest BCUT2D eigenvalue weighted by molar-refractivity contribution is 0.0629. The zero-order valence-electron chi connectivity index (χ0n) is 16.8. The SMILES string of the molecule is C=C/C=C(\C=IOCC1=CC=C(OC2C=CC=C3C(O)NN=C[C@]32C)CC1)NC. The summed E-state index contributed by atoms with van der Waals surface area (Å²) < 4.78 is 14.3. The quantitative estimate of drug-likeness (QED) is 0.346. The van der Waals surface area contributed by atoms with Gasteiger partial charge in [0.15, 0.2) is 6.23 Å². The molecule has 0 amide bonds. The van der Waals surface area contributed by atoms with E-state index in [2.05, 4.69) is 32.5 Å². The molecule has 0 saturated carbocycles. The first kappa shape index (κ1) is 21.7. The van der Waals surface area contributed by atoms with E-state index in [4.69, 9.17) is 7.80 Å². The molecule has 0 aromatic heterocycles. The van der Waals surface area contributed by atoms with Crippen molar-refractivity contribution in [3.8, 4) is 0 Å². The Labute approximate surface area is 182 Å². The normalized spacial score (nSPS) is 29.1. The number of halogens is 1. The summed E-state index contributed by atoms with van der Waals surface area (Å²) in [5.41, 5.74) is 5.41. The van der Waals surface area contributed by atoms with Gasteiger partial charge in [0, 0.05) is 50.5 Å². The van der Waals surface area contributed by atoms with E-state index < -0.39 is 32.8 Å². The van der Waals surface area contributed by atoms with Crippen molar-refractivity contribution in [2.75, 3.05) is 13.7 Å². The standard InChI is InChI=1S/C22H28IN3O3/c1-4-6-17(24-3)13-23-28-14-16-9-11-18(12-10-16)29-20-8-5-7-19-21(27)26-25-15-22(19,20)2/h4-9,11,13,15,20-21,24,26-27H,1,10,12,14H2,2-3H3/b17-6+/t20?,21?,22-/m1/s1. The smallest absolute Gasteiger partial charge is 0.163 e. The average molecular weight is 509 g/mol. The Bertz CT molecular complexity index is 838. The highest BCUT2D eigenvalue weighted by molar-refractivity contribution is 14.2. The third kappa shape index (κ3) is 5.34. The summed E-state index contributed by atoms with van der Waals surface area (Å²) in [5.74, 6) is 0.944. The van der Waals surface area contributed by atoms with Crippen molar-refractivity contribution in [1.29, 1.82) is 0 Å². The highest BCUT2D eigenvalue weighted by Crippen LogP contribution is 2.39. The zero-order valence-corrected chi connectivity index (χ0v) is 18.9. The molecule has 7 heteroatoms. The number of aliphatic hydroxyl groups is 1. The van der Waals surface area contributed by atoms with Crippen LogP contribution in [0.2, 0.25) is 0 Å². The molecule has 1 aliphatic heterocycles. The van der Waals surface area contributed by atoms with Crippen molar-refractivity contribution in [2.24, 2.45) is 10.5 Å². The number of ether oxygens (including phenoxy) is 1. The minimum atomic E-state index is -0.783. The maximum absolute atomic E-state index is 10.2. The van der Waals surface area contributed by atoms with E-state index in [9.17, 15) is 5.11 Å². The zero-order chi connectivity index (χ0) is 20.7. The Hall–Kier alpha value is -1.97. The molecule has 0 aromatic rings. The average Bonchev–Trinajstić information content (AvgIpc) is 2.72. The largest absolute Gasteiger partial charge is 0.489 e. The number of nitrogens with one attached hydrogen (secondary N) is 2. The molecule has 3 rings (SSSR count). The maximum atomic E-state index is 10.2. The van der Waals surface area contributed by atoms with Crippen molar-refractivity contribution in [2.45, 2.75) is 32.1 Å². The topological polar surface area (TPSA) is 75.1 Å². The van der Waals surface area contributed by atoms with E-state index in [-0.39, 0.29) is 6.10 Å². The van der Waals surface area contributed by atoms with Crippen LogP contribution >= 0.6 is 21.1 Å². The summed E-state index contributed by atoms with van der Waals surface area (Å²) in [7, 11) is 1.89. The van der Waals surface area contributed by atoms with Crippen LogP contribution in [0.1, 0.15) is 19.8 Å². The lowest BCUT2D eigenvalue weighted by atomic mass is 9.73. The van der Waals surface area contributed by atoms with Crippen molar-refractivity contribution < 1.29 is 12.9 Å². The molecule has 3 aliphatic rings. The van der Waals surface area contributed by atoms with Gasteiger partial charge in [0.05, 0.1) is 17.8 Å². The predicted molar refractivity (Wildman–Crippen MR) is 127 cm³/mol. The molecule has 3 N–H and O–H groups in total. The molecule has 156 valence electrons. The Kier molecular flexibility index (Phi) is 7.63. The summed E-state index contributed by atoms with van der Waals surface area (Å²) in [6.45, 7) is 6.40. The number of nitrogens with zero attached hydrogens (tertiary/aromatic N) is 1. The van der Waals surface area contributed by atoms with E-state index >= 15 is 0 Å². The van der Waals surface area contributed by atoms with Gasteiger partial charge in [0.25, 0.3) is 0 Å². The number of rotatable bonds is 8. The molecule has 29 heavy (non-hydrogen) atoms. The number of hydrogen-bond donors (Lipinski definition) is 3. The molecular weight excluding hydrogens is 481 g/mol. The molecule has 2 aliphatic carbocycles. The monoisotopic (exact) mass is 509 g/mol. The van der Waals surface area contributed by atoms with Gasteiger partial charge in [-0.1, -0.05) is 30.9 Å². The van der Waals surface area contributed by atoms with Gasteiger partial charge in [0.2, 0.25) is 0 Å². The minimum Gasteiger partial charge on any atom is -0.489 e. The highest BCUT2D eigenvalue weighted by atomic mass is 127. The van der Waals surface area contributed by atoms with Gasteiger partial charge in [-0.25, -0.2) is 0 Å². The molecule has 1 heterocycles. The van der Waals surface area contributed by atoms with E-state index in [1.165, 1.54) is 5.57 Å². The first-order valence-electron chi connectivity index (χ1n) is 9.57. The predicted octanol–water partition coefficient (Wildman–Crippen LogP) is 3.38.